The van der Waals surface area contributed by atoms with E-state index in [4.69, 9.17) is 0 Å². The quantitative estimate of drug-likeness (QED) is 0.618. The summed E-state index contributed by atoms with van der Waals surface area (Å²) in [5, 5.41) is 2.97. The first-order valence-corrected chi connectivity index (χ1v) is 5.47. The Morgan fingerprint density at radius 2 is 2.00 bits per heavy atom. The molecule has 1 aromatic carbocycles. The van der Waals surface area contributed by atoms with E-state index in [0.717, 1.165) is 5.56 Å². The first-order chi connectivity index (χ1) is 6.20. The summed E-state index contributed by atoms with van der Waals surface area (Å²) in [4.78, 5) is 0.375. The average molecular weight is 198 g/mol. The molecule has 1 aliphatic rings. The number of hydrogen-bond acceptors (Lipinski definition) is 3. The van der Waals surface area contributed by atoms with E-state index < -0.39 is 10.0 Å². The molecule has 2 N–H and O–H groups in total. The van der Waals surface area contributed by atoms with Crippen LogP contribution >= 0.6 is 0 Å². The van der Waals surface area contributed by atoms with Crippen LogP contribution in [0.25, 0.3) is 0 Å². The van der Waals surface area contributed by atoms with Gasteiger partial charge < -0.3 is 0 Å². The third-order valence-corrected chi connectivity index (χ3v) is 3.47. The molecule has 1 heterocycles. The van der Waals surface area contributed by atoms with Crippen LogP contribution in [0, 0.1) is 0 Å². The van der Waals surface area contributed by atoms with E-state index in [1.54, 1.807) is 12.1 Å². The highest BCUT2D eigenvalue weighted by Gasteiger charge is 2.19. The molecule has 0 atom stereocenters. The number of fused-ring (bicyclic) bond motifs is 1. The maximum atomic E-state index is 11.5. The highest BCUT2D eigenvalue weighted by Crippen LogP contribution is 2.16. The van der Waals surface area contributed by atoms with E-state index in [-0.39, 0.29) is 6.67 Å². The van der Waals surface area contributed by atoms with Gasteiger partial charge in [-0.25, -0.2) is 8.42 Å². The van der Waals surface area contributed by atoms with Gasteiger partial charge in [-0.1, -0.05) is 18.2 Å². The van der Waals surface area contributed by atoms with Crippen molar-refractivity contribution in [3.05, 3.63) is 29.8 Å². The second-order valence-electron chi connectivity index (χ2n) is 2.86. The lowest BCUT2D eigenvalue weighted by Gasteiger charge is -2.03. The van der Waals surface area contributed by atoms with Gasteiger partial charge in [-0.2, -0.15) is 4.72 Å². The van der Waals surface area contributed by atoms with Crippen LogP contribution in [-0.2, 0) is 16.6 Å². The third-order valence-electron chi connectivity index (χ3n) is 1.96. The van der Waals surface area contributed by atoms with Gasteiger partial charge in [0.1, 0.15) is 0 Å². The number of benzene rings is 1. The molecule has 2 rings (SSSR count). The molecule has 4 nitrogen and oxygen atoms in total. The molecule has 0 spiro atoms. The first-order valence-electron chi connectivity index (χ1n) is 3.98. The minimum atomic E-state index is -3.29. The predicted octanol–water partition coefficient (Wildman–Crippen LogP) is 0.0256. The summed E-state index contributed by atoms with van der Waals surface area (Å²) in [6.07, 6.45) is 0. The van der Waals surface area contributed by atoms with Gasteiger partial charge in [-0.15, -0.1) is 0 Å². The van der Waals surface area contributed by atoms with Crippen molar-refractivity contribution in [1.82, 2.24) is 10.0 Å². The fourth-order valence-corrected chi connectivity index (χ4v) is 2.52. The zero-order valence-corrected chi connectivity index (χ0v) is 7.76. The van der Waals surface area contributed by atoms with E-state index in [1.165, 1.54) is 0 Å². The summed E-state index contributed by atoms with van der Waals surface area (Å²) in [6.45, 7) is 0.874. The van der Waals surface area contributed by atoms with Gasteiger partial charge in [0.15, 0.2) is 0 Å². The smallest absolute Gasteiger partial charge is 0.242 e. The Morgan fingerprint density at radius 3 is 2.85 bits per heavy atom. The molecule has 0 aromatic heterocycles. The molecule has 0 aliphatic carbocycles. The van der Waals surface area contributed by atoms with Crippen LogP contribution in [0.2, 0.25) is 0 Å². The molecular weight excluding hydrogens is 188 g/mol. The Morgan fingerprint density at radius 1 is 1.23 bits per heavy atom. The predicted molar refractivity (Wildman–Crippen MR) is 48.5 cm³/mol. The molecule has 13 heavy (non-hydrogen) atoms. The van der Waals surface area contributed by atoms with Gasteiger partial charge >= 0.3 is 0 Å². The largest absolute Gasteiger partial charge is 0.300 e. The lowest BCUT2D eigenvalue weighted by molar-refractivity contribution is 0.578. The van der Waals surface area contributed by atoms with Gasteiger partial charge in [-0.3, -0.25) is 5.32 Å². The minimum Gasteiger partial charge on any atom is -0.300 e. The van der Waals surface area contributed by atoms with Crippen molar-refractivity contribution in [3.63, 3.8) is 0 Å². The molecule has 1 aliphatic heterocycles. The highest BCUT2D eigenvalue weighted by atomic mass is 32.2. The number of nitrogens with one attached hydrogen (secondary N) is 2. The lowest BCUT2D eigenvalue weighted by atomic mass is 10.2. The summed E-state index contributed by atoms with van der Waals surface area (Å²) in [7, 11) is -3.29. The number of hydrogen-bond donors (Lipinski definition) is 2. The molecule has 5 heteroatoms. The van der Waals surface area contributed by atoms with Crippen LogP contribution in [0.15, 0.2) is 29.2 Å². The molecule has 1 aromatic rings. The SMILES string of the molecule is O=S1(=O)NCNCc2ccccc21. The fraction of sp³-hybridized carbons (Fsp3) is 0.250. The number of rotatable bonds is 0. The second-order valence-corrected chi connectivity index (χ2v) is 4.59. The Bertz CT molecular complexity index is 414. The summed E-state index contributed by atoms with van der Waals surface area (Å²) >= 11 is 0. The summed E-state index contributed by atoms with van der Waals surface area (Å²) in [5.74, 6) is 0. The van der Waals surface area contributed by atoms with E-state index in [0.29, 0.717) is 11.4 Å². The molecule has 0 fully saturated rings. The van der Waals surface area contributed by atoms with E-state index in [9.17, 15) is 8.42 Å². The van der Waals surface area contributed by atoms with Gasteiger partial charge in [-0.05, 0) is 11.6 Å². The third kappa shape index (κ3) is 1.58. The highest BCUT2D eigenvalue weighted by molar-refractivity contribution is 7.89. The normalized spacial score (nSPS) is 20.3. The molecule has 0 unspecified atom stereocenters. The molecule has 0 amide bonds. The van der Waals surface area contributed by atoms with Crippen LogP contribution in [0.1, 0.15) is 5.56 Å². The Labute approximate surface area is 77.0 Å². The summed E-state index contributed by atoms with van der Waals surface area (Å²) in [5.41, 5.74) is 0.813. The zero-order chi connectivity index (χ0) is 9.31. The van der Waals surface area contributed by atoms with Crippen LogP contribution in [0.3, 0.4) is 0 Å². The van der Waals surface area contributed by atoms with Gasteiger partial charge in [0.05, 0.1) is 11.6 Å². The van der Waals surface area contributed by atoms with Crippen molar-refractivity contribution in [2.75, 3.05) is 6.67 Å². The van der Waals surface area contributed by atoms with Crippen LogP contribution in [0.4, 0.5) is 0 Å². The standard InChI is InChI=1S/C8H10N2O2S/c11-13(12)8-4-2-1-3-7(8)5-9-6-10-13/h1-4,9-10H,5-6H2. The van der Waals surface area contributed by atoms with Crippen molar-refractivity contribution >= 4 is 10.0 Å². The van der Waals surface area contributed by atoms with Crippen LogP contribution in [-0.4, -0.2) is 15.1 Å². The molecule has 0 radical (unpaired) electrons. The molecular formula is C8H10N2O2S. The van der Waals surface area contributed by atoms with E-state index in [2.05, 4.69) is 10.0 Å². The molecule has 0 bridgehead atoms. The first kappa shape index (κ1) is 8.68. The zero-order valence-electron chi connectivity index (χ0n) is 6.95. The maximum absolute atomic E-state index is 11.5. The van der Waals surface area contributed by atoms with E-state index >= 15 is 0 Å². The van der Waals surface area contributed by atoms with Gasteiger partial charge in [0.2, 0.25) is 10.0 Å². The Kier molecular flexibility index (Phi) is 2.07. The second kappa shape index (κ2) is 3.10. The van der Waals surface area contributed by atoms with E-state index in [1.807, 2.05) is 12.1 Å². The van der Waals surface area contributed by atoms with Crippen molar-refractivity contribution in [1.29, 1.82) is 0 Å². The maximum Gasteiger partial charge on any atom is 0.242 e. The van der Waals surface area contributed by atoms with Crippen molar-refractivity contribution < 1.29 is 8.42 Å². The summed E-state index contributed by atoms with van der Waals surface area (Å²) in [6, 6.07) is 6.99. The Balaban J connectivity index is 2.62. The van der Waals surface area contributed by atoms with Gasteiger partial charge in [0.25, 0.3) is 0 Å². The molecule has 0 saturated carbocycles. The van der Waals surface area contributed by atoms with Crippen molar-refractivity contribution in [3.8, 4) is 0 Å². The van der Waals surface area contributed by atoms with Gasteiger partial charge in [0, 0.05) is 6.54 Å². The monoisotopic (exact) mass is 198 g/mol. The Hall–Kier alpha value is -0.910. The van der Waals surface area contributed by atoms with Crippen LogP contribution < -0.4 is 10.0 Å². The molecule has 0 saturated heterocycles. The average Bonchev–Trinajstić information content (AvgIpc) is 2.26. The molecule has 70 valence electrons. The van der Waals surface area contributed by atoms with Crippen LogP contribution in [0.5, 0.6) is 0 Å². The number of sulfonamides is 1. The van der Waals surface area contributed by atoms with Crippen molar-refractivity contribution in [2.24, 2.45) is 0 Å². The summed E-state index contributed by atoms with van der Waals surface area (Å²) < 4.78 is 25.5. The minimum absolute atomic E-state index is 0.289. The fourth-order valence-electron chi connectivity index (χ4n) is 1.33. The van der Waals surface area contributed by atoms with Crippen molar-refractivity contribution in [2.45, 2.75) is 11.4 Å². The topological polar surface area (TPSA) is 58.2 Å². The lowest BCUT2D eigenvalue weighted by Crippen LogP contribution is -2.29.